The molecular weight excluding hydrogens is 286 g/mol. The van der Waals surface area contributed by atoms with Gasteiger partial charge in [-0.05, 0) is 43.5 Å². The van der Waals surface area contributed by atoms with Crippen LogP contribution in [0.25, 0.3) is 21.8 Å². The van der Waals surface area contributed by atoms with Crippen molar-refractivity contribution in [2.24, 2.45) is 0 Å². The highest BCUT2D eigenvalue weighted by atomic mass is 16.4. The van der Waals surface area contributed by atoms with E-state index in [9.17, 15) is 9.90 Å². The molecule has 4 rings (SSSR count). The molecular formula is C20H21NO2. The number of rotatable bonds is 2. The van der Waals surface area contributed by atoms with Crippen molar-refractivity contribution in [3.05, 3.63) is 47.5 Å². The van der Waals surface area contributed by atoms with E-state index in [2.05, 4.69) is 22.8 Å². The summed E-state index contributed by atoms with van der Waals surface area (Å²) in [5.74, 6) is -0.857. The zero-order valence-electron chi connectivity index (χ0n) is 13.4. The second kappa shape index (κ2) is 5.41. The minimum Gasteiger partial charge on any atom is -0.478 e. The molecule has 3 nitrogen and oxygen atoms in total. The Morgan fingerprint density at radius 2 is 1.83 bits per heavy atom. The summed E-state index contributed by atoms with van der Waals surface area (Å²) in [5, 5.41) is 11.6. The second-order valence-electron chi connectivity index (χ2n) is 6.67. The van der Waals surface area contributed by atoms with E-state index in [0.717, 1.165) is 10.9 Å². The fraction of sp³-hybridized carbons (Fsp3) is 0.350. The number of carboxylic acid groups (broad SMARTS) is 1. The van der Waals surface area contributed by atoms with Crippen LogP contribution in [0.15, 0.2) is 36.4 Å². The highest BCUT2D eigenvalue weighted by Gasteiger charge is 2.22. The molecule has 0 atom stereocenters. The molecule has 0 unspecified atom stereocenters. The van der Waals surface area contributed by atoms with E-state index in [0.29, 0.717) is 11.6 Å². The summed E-state index contributed by atoms with van der Waals surface area (Å²) in [7, 11) is 0. The molecule has 1 saturated carbocycles. The Bertz CT molecular complexity index is 901. The van der Waals surface area contributed by atoms with Gasteiger partial charge in [0, 0.05) is 22.3 Å². The van der Waals surface area contributed by atoms with Gasteiger partial charge in [0.15, 0.2) is 0 Å². The minimum atomic E-state index is -0.857. The van der Waals surface area contributed by atoms with Gasteiger partial charge in [-0.15, -0.1) is 0 Å². The summed E-state index contributed by atoms with van der Waals surface area (Å²) in [6.07, 6.45) is 6.33. The maximum atomic E-state index is 11.4. The lowest BCUT2D eigenvalue weighted by atomic mass is 9.95. The monoisotopic (exact) mass is 307 g/mol. The van der Waals surface area contributed by atoms with Crippen molar-refractivity contribution in [3.63, 3.8) is 0 Å². The highest BCUT2D eigenvalue weighted by Crippen LogP contribution is 2.39. The van der Waals surface area contributed by atoms with Gasteiger partial charge in [-0.3, -0.25) is 0 Å². The average Bonchev–Trinajstić information content (AvgIpc) is 2.91. The van der Waals surface area contributed by atoms with E-state index < -0.39 is 5.97 Å². The van der Waals surface area contributed by atoms with Gasteiger partial charge in [-0.25, -0.2) is 4.79 Å². The molecule has 3 aromatic rings. The third kappa shape index (κ3) is 2.23. The third-order valence-corrected chi connectivity index (χ3v) is 5.18. The van der Waals surface area contributed by atoms with E-state index in [1.165, 1.54) is 48.5 Å². The first-order chi connectivity index (χ1) is 11.2. The van der Waals surface area contributed by atoms with Gasteiger partial charge in [-0.1, -0.05) is 37.5 Å². The number of para-hydroxylation sites is 1. The Morgan fingerprint density at radius 3 is 2.57 bits per heavy atom. The van der Waals surface area contributed by atoms with Gasteiger partial charge >= 0.3 is 5.97 Å². The number of aromatic nitrogens is 1. The molecule has 23 heavy (non-hydrogen) atoms. The van der Waals surface area contributed by atoms with E-state index in [4.69, 9.17) is 0 Å². The van der Waals surface area contributed by atoms with Crippen LogP contribution in [-0.2, 0) is 0 Å². The van der Waals surface area contributed by atoms with Crippen molar-refractivity contribution < 1.29 is 9.90 Å². The molecule has 0 spiro atoms. The molecule has 1 heterocycles. The summed E-state index contributed by atoms with van der Waals surface area (Å²) < 4.78 is 2.48. The Morgan fingerprint density at radius 1 is 1.09 bits per heavy atom. The summed E-state index contributed by atoms with van der Waals surface area (Å²) in [4.78, 5) is 11.4. The number of benzene rings is 2. The fourth-order valence-corrected chi connectivity index (χ4v) is 4.18. The molecule has 1 N–H and O–H groups in total. The van der Waals surface area contributed by atoms with Crippen LogP contribution < -0.4 is 0 Å². The number of aryl methyl sites for hydroxylation is 1. The summed E-state index contributed by atoms with van der Waals surface area (Å²) in [6.45, 7) is 2.03. The molecule has 0 saturated heterocycles. The van der Waals surface area contributed by atoms with Gasteiger partial charge in [-0.2, -0.15) is 0 Å². The van der Waals surface area contributed by atoms with Gasteiger partial charge < -0.3 is 9.67 Å². The van der Waals surface area contributed by atoms with Crippen LogP contribution >= 0.6 is 0 Å². The minimum absolute atomic E-state index is 0.376. The Kier molecular flexibility index (Phi) is 3.37. The Balaban J connectivity index is 2.08. The van der Waals surface area contributed by atoms with Gasteiger partial charge in [0.05, 0.1) is 11.1 Å². The summed E-state index contributed by atoms with van der Waals surface area (Å²) in [5.41, 5.74) is 3.88. The summed E-state index contributed by atoms with van der Waals surface area (Å²) in [6, 6.07) is 12.6. The van der Waals surface area contributed by atoms with Crippen LogP contribution in [-0.4, -0.2) is 15.6 Å². The fourth-order valence-electron chi connectivity index (χ4n) is 4.18. The van der Waals surface area contributed by atoms with Crippen LogP contribution in [0, 0.1) is 6.92 Å². The SMILES string of the molecule is Cc1cc(C(=O)O)cc2c3ccccc3n(C3CCCCC3)c12. The van der Waals surface area contributed by atoms with Gasteiger partial charge in [0.1, 0.15) is 0 Å². The molecule has 1 aliphatic carbocycles. The van der Waals surface area contributed by atoms with Crippen molar-refractivity contribution >= 4 is 27.8 Å². The molecule has 1 aliphatic rings. The van der Waals surface area contributed by atoms with E-state index in [1.54, 1.807) is 0 Å². The summed E-state index contributed by atoms with van der Waals surface area (Å²) >= 11 is 0. The first-order valence-corrected chi connectivity index (χ1v) is 8.43. The lowest BCUT2D eigenvalue weighted by Gasteiger charge is -2.25. The number of aromatic carboxylic acids is 1. The number of carboxylic acids is 1. The first kappa shape index (κ1) is 14.3. The molecule has 1 fully saturated rings. The average molecular weight is 307 g/mol. The number of hydrogen-bond donors (Lipinski definition) is 1. The molecule has 1 aromatic heterocycles. The molecule has 118 valence electrons. The van der Waals surface area contributed by atoms with Crippen LogP contribution in [0.2, 0.25) is 0 Å². The van der Waals surface area contributed by atoms with Crippen LogP contribution in [0.3, 0.4) is 0 Å². The number of carbonyl (C=O) groups is 1. The lowest BCUT2D eigenvalue weighted by molar-refractivity contribution is 0.0697. The van der Waals surface area contributed by atoms with Crippen molar-refractivity contribution in [1.29, 1.82) is 0 Å². The van der Waals surface area contributed by atoms with Crippen molar-refractivity contribution in [2.75, 3.05) is 0 Å². The third-order valence-electron chi connectivity index (χ3n) is 5.18. The van der Waals surface area contributed by atoms with Crippen LogP contribution in [0.1, 0.15) is 54.1 Å². The molecule has 0 radical (unpaired) electrons. The topological polar surface area (TPSA) is 42.2 Å². The zero-order chi connectivity index (χ0) is 16.0. The first-order valence-electron chi connectivity index (χ1n) is 8.43. The maximum absolute atomic E-state index is 11.4. The highest BCUT2D eigenvalue weighted by molar-refractivity contribution is 6.11. The molecule has 0 bridgehead atoms. The maximum Gasteiger partial charge on any atom is 0.335 e. The molecule has 2 aromatic carbocycles. The number of hydrogen-bond acceptors (Lipinski definition) is 1. The van der Waals surface area contributed by atoms with Crippen molar-refractivity contribution in [2.45, 2.75) is 45.1 Å². The zero-order valence-corrected chi connectivity index (χ0v) is 13.4. The molecule has 0 amide bonds. The number of fused-ring (bicyclic) bond motifs is 3. The van der Waals surface area contributed by atoms with E-state index >= 15 is 0 Å². The predicted octanol–water partition coefficient (Wildman–Crippen LogP) is 5.31. The van der Waals surface area contributed by atoms with Gasteiger partial charge in [0.2, 0.25) is 0 Å². The smallest absolute Gasteiger partial charge is 0.335 e. The largest absolute Gasteiger partial charge is 0.478 e. The standard InChI is InChI=1S/C20H21NO2/c1-13-11-14(20(22)23)12-17-16-9-5-6-10-18(16)21(19(13)17)15-7-3-2-4-8-15/h5-6,9-12,15H,2-4,7-8H2,1H3,(H,22,23). The Hall–Kier alpha value is -2.29. The van der Waals surface area contributed by atoms with Crippen LogP contribution in [0.5, 0.6) is 0 Å². The molecule has 3 heteroatoms. The van der Waals surface area contributed by atoms with Crippen LogP contribution in [0.4, 0.5) is 0 Å². The quantitative estimate of drug-likeness (QED) is 0.697. The Labute approximate surface area is 135 Å². The van der Waals surface area contributed by atoms with Crippen molar-refractivity contribution in [3.8, 4) is 0 Å². The van der Waals surface area contributed by atoms with Gasteiger partial charge in [0.25, 0.3) is 0 Å². The number of nitrogens with zero attached hydrogens (tertiary/aromatic N) is 1. The lowest BCUT2D eigenvalue weighted by Crippen LogP contribution is -2.13. The second-order valence-corrected chi connectivity index (χ2v) is 6.67. The predicted molar refractivity (Wildman–Crippen MR) is 93.3 cm³/mol. The van der Waals surface area contributed by atoms with E-state index in [-0.39, 0.29) is 0 Å². The normalized spacial score (nSPS) is 16.2. The van der Waals surface area contributed by atoms with Crippen molar-refractivity contribution in [1.82, 2.24) is 4.57 Å². The van der Waals surface area contributed by atoms with E-state index in [1.807, 2.05) is 25.1 Å². The molecule has 0 aliphatic heterocycles.